The summed E-state index contributed by atoms with van der Waals surface area (Å²) in [6, 6.07) is 0.281. The minimum Gasteiger partial charge on any atom is -0.481 e. The van der Waals surface area contributed by atoms with E-state index in [0.717, 1.165) is 37.5 Å². The molecule has 2 N–H and O–H groups in total. The lowest BCUT2D eigenvalue weighted by atomic mass is 10.0. The molecular weight excluding hydrogens is 230 g/mol. The summed E-state index contributed by atoms with van der Waals surface area (Å²) in [5, 5.41) is 12.0. The zero-order valence-corrected chi connectivity index (χ0v) is 10.3. The molecule has 1 unspecified atom stereocenters. The van der Waals surface area contributed by atoms with E-state index in [1.165, 1.54) is 6.42 Å². The highest BCUT2D eigenvalue weighted by Crippen LogP contribution is 2.56. The van der Waals surface area contributed by atoms with Gasteiger partial charge in [-0.2, -0.15) is 0 Å². The minimum absolute atomic E-state index is 0.129. The van der Waals surface area contributed by atoms with Crippen LogP contribution in [-0.2, 0) is 9.59 Å². The molecule has 4 rings (SSSR count). The third kappa shape index (κ3) is 1.73. The molecule has 4 fully saturated rings. The second-order valence-electron chi connectivity index (χ2n) is 6.78. The Morgan fingerprint density at radius 3 is 2.28 bits per heavy atom. The molecule has 4 heteroatoms. The quantitative estimate of drug-likeness (QED) is 0.788. The van der Waals surface area contributed by atoms with Crippen molar-refractivity contribution in [3.63, 3.8) is 0 Å². The van der Waals surface area contributed by atoms with Crippen LogP contribution in [0.2, 0.25) is 0 Å². The first kappa shape index (κ1) is 10.8. The largest absolute Gasteiger partial charge is 0.481 e. The molecule has 18 heavy (non-hydrogen) atoms. The van der Waals surface area contributed by atoms with Crippen molar-refractivity contribution in [2.45, 2.75) is 38.1 Å². The second kappa shape index (κ2) is 3.49. The fourth-order valence-electron chi connectivity index (χ4n) is 4.06. The van der Waals surface area contributed by atoms with Crippen LogP contribution in [0.3, 0.4) is 0 Å². The monoisotopic (exact) mass is 249 g/mol. The predicted molar refractivity (Wildman–Crippen MR) is 63.6 cm³/mol. The number of carboxylic acid groups (broad SMARTS) is 1. The normalized spacial score (nSPS) is 51.4. The highest BCUT2D eigenvalue weighted by molar-refractivity contribution is 5.80. The zero-order chi connectivity index (χ0) is 12.4. The zero-order valence-electron chi connectivity index (χ0n) is 10.3. The van der Waals surface area contributed by atoms with Gasteiger partial charge in [0.1, 0.15) is 0 Å². The predicted octanol–water partition coefficient (Wildman–Crippen LogP) is 1.26. The lowest BCUT2D eigenvalue weighted by Gasteiger charge is -2.12. The average molecular weight is 249 g/mol. The smallest absolute Gasteiger partial charge is 0.306 e. The van der Waals surface area contributed by atoms with Crippen LogP contribution in [-0.4, -0.2) is 23.0 Å². The van der Waals surface area contributed by atoms with E-state index in [0.29, 0.717) is 11.8 Å². The first-order chi connectivity index (χ1) is 8.63. The summed E-state index contributed by atoms with van der Waals surface area (Å²) < 4.78 is 0. The molecule has 0 bridgehead atoms. The fourth-order valence-corrected chi connectivity index (χ4v) is 4.06. The number of hydrogen-bond acceptors (Lipinski definition) is 2. The van der Waals surface area contributed by atoms with Gasteiger partial charge in [-0.25, -0.2) is 0 Å². The highest BCUT2D eigenvalue weighted by atomic mass is 16.4. The second-order valence-corrected chi connectivity index (χ2v) is 6.78. The van der Waals surface area contributed by atoms with Gasteiger partial charge < -0.3 is 10.4 Å². The van der Waals surface area contributed by atoms with Gasteiger partial charge in [-0.1, -0.05) is 0 Å². The van der Waals surface area contributed by atoms with E-state index in [-0.39, 0.29) is 23.8 Å². The van der Waals surface area contributed by atoms with Crippen LogP contribution < -0.4 is 5.32 Å². The molecule has 4 aliphatic rings. The Balaban J connectivity index is 1.25. The summed E-state index contributed by atoms with van der Waals surface area (Å²) in [6.45, 7) is 0. The van der Waals surface area contributed by atoms with Crippen LogP contribution in [0.1, 0.15) is 32.1 Å². The first-order valence-corrected chi connectivity index (χ1v) is 7.16. The molecule has 0 radical (unpaired) electrons. The van der Waals surface area contributed by atoms with Gasteiger partial charge in [-0.15, -0.1) is 0 Å². The van der Waals surface area contributed by atoms with Gasteiger partial charge in [0.05, 0.1) is 5.92 Å². The Labute approximate surface area is 106 Å². The van der Waals surface area contributed by atoms with Gasteiger partial charge in [-0.05, 0) is 55.8 Å². The third-order valence-electron chi connectivity index (χ3n) is 5.49. The Morgan fingerprint density at radius 1 is 0.944 bits per heavy atom. The lowest BCUT2D eigenvalue weighted by Crippen LogP contribution is -2.32. The van der Waals surface area contributed by atoms with E-state index in [1.807, 2.05) is 0 Å². The summed E-state index contributed by atoms with van der Waals surface area (Å²) in [7, 11) is 0. The van der Waals surface area contributed by atoms with Crippen molar-refractivity contribution in [1.29, 1.82) is 0 Å². The molecule has 1 amide bonds. The number of carboxylic acids is 1. The number of fused-ring (bicyclic) bond motifs is 1. The van der Waals surface area contributed by atoms with Crippen LogP contribution in [0.15, 0.2) is 0 Å². The number of carbonyl (C=O) groups is 2. The number of rotatable bonds is 4. The number of nitrogens with one attached hydrogen (secondary N) is 1. The Hall–Kier alpha value is -1.06. The average Bonchev–Trinajstić information content (AvgIpc) is 3.19. The van der Waals surface area contributed by atoms with Crippen LogP contribution in [0, 0.1) is 35.5 Å². The standard InChI is InChI=1S/C14H19NO3/c16-13(8-2-6-1-7(6)3-8)15-12-5-10(12)9-4-11(9)14(17)18/h6-12H,1-5H2,(H,15,16)(H,17,18)/t6-,7+,8?,9-,10+,11-,12+/m1/s1. The summed E-state index contributed by atoms with van der Waals surface area (Å²) in [5.74, 6) is 2.18. The number of hydrogen-bond donors (Lipinski definition) is 2. The Morgan fingerprint density at radius 2 is 1.67 bits per heavy atom. The molecule has 4 aliphatic carbocycles. The molecule has 4 saturated carbocycles. The third-order valence-corrected chi connectivity index (χ3v) is 5.49. The Bertz CT molecular complexity index is 411. The van der Waals surface area contributed by atoms with E-state index >= 15 is 0 Å². The molecule has 0 aromatic heterocycles. The van der Waals surface area contributed by atoms with E-state index in [9.17, 15) is 9.59 Å². The van der Waals surface area contributed by atoms with E-state index < -0.39 is 5.97 Å². The molecular formula is C14H19NO3. The molecule has 4 nitrogen and oxygen atoms in total. The minimum atomic E-state index is -0.659. The van der Waals surface area contributed by atoms with Crippen molar-refractivity contribution in [2.75, 3.05) is 0 Å². The van der Waals surface area contributed by atoms with E-state index in [2.05, 4.69) is 5.32 Å². The molecule has 0 heterocycles. The maximum Gasteiger partial charge on any atom is 0.306 e. The van der Waals surface area contributed by atoms with Crippen molar-refractivity contribution in [1.82, 2.24) is 5.32 Å². The van der Waals surface area contributed by atoms with Gasteiger partial charge in [0.2, 0.25) is 5.91 Å². The van der Waals surface area contributed by atoms with Crippen LogP contribution >= 0.6 is 0 Å². The van der Waals surface area contributed by atoms with Gasteiger partial charge in [0, 0.05) is 12.0 Å². The van der Waals surface area contributed by atoms with E-state index in [4.69, 9.17) is 5.11 Å². The van der Waals surface area contributed by atoms with Gasteiger partial charge >= 0.3 is 5.97 Å². The molecule has 0 aromatic carbocycles. The summed E-state index contributed by atoms with van der Waals surface area (Å²) in [6.07, 6.45) is 5.35. The van der Waals surface area contributed by atoms with Crippen molar-refractivity contribution < 1.29 is 14.7 Å². The fraction of sp³-hybridized carbons (Fsp3) is 0.857. The number of aliphatic carboxylic acids is 1. The van der Waals surface area contributed by atoms with Gasteiger partial charge in [-0.3, -0.25) is 9.59 Å². The molecule has 0 spiro atoms. The summed E-state index contributed by atoms with van der Waals surface area (Å²) >= 11 is 0. The molecule has 0 saturated heterocycles. The Kier molecular flexibility index (Phi) is 2.10. The molecule has 0 aliphatic heterocycles. The van der Waals surface area contributed by atoms with Crippen LogP contribution in [0.25, 0.3) is 0 Å². The first-order valence-electron chi connectivity index (χ1n) is 7.16. The molecule has 0 aromatic rings. The van der Waals surface area contributed by atoms with Gasteiger partial charge in [0.25, 0.3) is 0 Å². The van der Waals surface area contributed by atoms with E-state index in [1.54, 1.807) is 0 Å². The lowest BCUT2D eigenvalue weighted by molar-refractivity contribution is -0.138. The number of carbonyl (C=O) groups excluding carboxylic acids is 1. The maximum absolute atomic E-state index is 12.0. The highest BCUT2D eigenvalue weighted by Gasteiger charge is 2.57. The van der Waals surface area contributed by atoms with Crippen LogP contribution in [0.5, 0.6) is 0 Å². The van der Waals surface area contributed by atoms with Crippen molar-refractivity contribution in [3.8, 4) is 0 Å². The van der Waals surface area contributed by atoms with Crippen molar-refractivity contribution in [3.05, 3.63) is 0 Å². The topological polar surface area (TPSA) is 66.4 Å². The van der Waals surface area contributed by atoms with Gasteiger partial charge in [0.15, 0.2) is 0 Å². The number of amides is 1. The van der Waals surface area contributed by atoms with Crippen molar-refractivity contribution >= 4 is 11.9 Å². The molecule has 7 atom stereocenters. The van der Waals surface area contributed by atoms with Crippen LogP contribution in [0.4, 0.5) is 0 Å². The summed E-state index contributed by atoms with van der Waals surface area (Å²) in [4.78, 5) is 22.8. The van der Waals surface area contributed by atoms with Crippen molar-refractivity contribution in [2.24, 2.45) is 35.5 Å². The molecule has 98 valence electrons. The maximum atomic E-state index is 12.0. The summed E-state index contributed by atoms with van der Waals surface area (Å²) in [5.41, 5.74) is 0. The SMILES string of the molecule is O=C(N[C@H]1C[C@H]1[C@H]1C[C@H]1C(=O)O)C1C[C@@H]2C[C@@H]2C1.